The standard InChI is InChI=1S/C17H20N4O3S/c18-16(23)15-14-10(8-12(22)19-17(14)21-20-15)11-6-7-13(24-11)25-9-4-2-1-3-5-9/h6-7,9-10H,1-5,8H2,(H2,18,23)(H2,19,20,21,22)/t10-/m0/s1. The summed E-state index contributed by atoms with van der Waals surface area (Å²) >= 11 is 1.76. The minimum atomic E-state index is -0.599. The van der Waals surface area contributed by atoms with Crippen LogP contribution in [0.3, 0.4) is 0 Å². The highest BCUT2D eigenvalue weighted by Crippen LogP contribution is 2.41. The quantitative estimate of drug-likeness (QED) is 0.775. The first-order valence-corrected chi connectivity index (χ1v) is 9.44. The molecule has 1 saturated carbocycles. The van der Waals surface area contributed by atoms with Gasteiger partial charge in [-0.05, 0) is 25.0 Å². The lowest BCUT2D eigenvalue weighted by Crippen LogP contribution is -2.25. The van der Waals surface area contributed by atoms with Gasteiger partial charge < -0.3 is 15.5 Å². The van der Waals surface area contributed by atoms with Crippen molar-refractivity contribution in [3.63, 3.8) is 0 Å². The van der Waals surface area contributed by atoms with Gasteiger partial charge in [-0.25, -0.2) is 0 Å². The molecule has 4 N–H and O–H groups in total. The van der Waals surface area contributed by atoms with Crippen molar-refractivity contribution < 1.29 is 14.0 Å². The summed E-state index contributed by atoms with van der Waals surface area (Å²) < 4.78 is 6.02. The molecule has 0 radical (unpaired) electrons. The Hall–Kier alpha value is -2.22. The maximum absolute atomic E-state index is 12.0. The summed E-state index contributed by atoms with van der Waals surface area (Å²) in [4.78, 5) is 23.6. The molecule has 4 rings (SSSR count). The lowest BCUT2D eigenvalue weighted by atomic mass is 9.89. The third-order valence-corrected chi connectivity index (χ3v) is 6.08. The van der Waals surface area contributed by atoms with Crippen LogP contribution in [0.15, 0.2) is 21.6 Å². The molecule has 1 aliphatic heterocycles. The van der Waals surface area contributed by atoms with E-state index in [0.717, 1.165) is 5.09 Å². The van der Waals surface area contributed by atoms with Gasteiger partial charge >= 0.3 is 0 Å². The molecule has 2 aliphatic rings. The second-order valence-electron chi connectivity index (χ2n) is 6.56. The first-order valence-electron chi connectivity index (χ1n) is 8.56. The monoisotopic (exact) mass is 360 g/mol. The highest BCUT2D eigenvalue weighted by Gasteiger charge is 2.35. The highest BCUT2D eigenvalue weighted by atomic mass is 32.2. The smallest absolute Gasteiger partial charge is 0.267 e. The largest absolute Gasteiger partial charge is 0.454 e. The van der Waals surface area contributed by atoms with Crippen LogP contribution in [-0.2, 0) is 4.79 Å². The van der Waals surface area contributed by atoms with Crippen LogP contribution < -0.4 is 11.1 Å². The van der Waals surface area contributed by atoms with Gasteiger partial charge in [0.05, 0.1) is 5.92 Å². The number of aromatic nitrogens is 2. The van der Waals surface area contributed by atoms with Gasteiger partial charge in [0, 0.05) is 17.2 Å². The molecule has 2 aromatic heterocycles. The first kappa shape index (κ1) is 16.3. The number of carbonyl (C=O) groups is 2. The van der Waals surface area contributed by atoms with Gasteiger partial charge in [-0.3, -0.25) is 14.7 Å². The van der Waals surface area contributed by atoms with Crippen LogP contribution in [0.2, 0.25) is 0 Å². The first-order chi connectivity index (χ1) is 12.1. The van der Waals surface area contributed by atoms with Crippen LogP contribution in [0.1, 0.15) is 66.3 Å². The zero-order valence-electron chi connectivity index (χ0n) is 13.7. The number of nitrogens with zero attached hydrogens (tertiary/aromatic N) is 1. The molecule has 1 aliphatic carbocycles. The van der Waals surface area contributed by atoms with E-state index in [-0.39, 0.29) is 23.9 Å². The summed E-state index contributed by atoms with van der Waals surface area (Å²) in [5.74, 6) is -0.0897. The fraction of sp³-hybridized carbons (Fsp3) is 0.471. The van der Waals surface area contributed by atoms with E-state index in [1.165, 1.54) is 32.1 Å². The van der Waals surface area contributed by atoms with Crippen molar-refractivity contribution in [2.45, 2.75) is 54.8 Å². The van der Waals surface area contributed by atoms with Crippen molar-refractivity contribution in [3.8, 4) is 0 Å². The molecule has 0 aromatic carbocycles. The van der Waals surface area contributed by atoms with Crippen molar-refractivity contribution in [2.24, 2.45) is 5.73 Å². The van der Waals surface area contributed by atoms with Crippen molar-refractivity contribution in [1.29, 1.82) is 0 Å². The van der Waals surface area contributed by atoms with Gasteiger partial charge in [-0.1, -0.05) is 31.0 Å². The number of nitrogens with two attached hydrogens (primary N) is 1. The summed E-state index contributed by atoms with van der Waals surface area (Å²) in [5.41, 5.74) is 6.26. The number of hydrogen-bond acceptors (Lipinski definition) is 5. The third-order valence-electron chi connectivity index (χ3n) is 4.83. The van der Waals surface area contributed by atoms with Crippen LogP contribution in [0.4, 0.5) is 5.82 Å². The number of thioether (sulfide) groups is 1. The van der Waals surface area contributed by atoms with Gasteiger partial charge in [0.1, 0.15) is 11.5 Å². The second-order valence-corrected chi connectivity index (χ2v) is 7.87. The lowest BCUT2D eigenvalue weighted by molar-refractivity contribution is -0.116. The van der Waals surface area contributed by atoms with Gasteiger partial charge in [-0.2, -0.15) is 5.10 Å². The third kappa shape index (κ3) is 3.18. The molecule has 2 amide bonds. The Morgan fingerprint density at radius 3 is 2.84 bits per heavy atom. The molecule has 0 spiro atoms. The number of fused-ring (bicyclic) bond motifs is 1. The molecule has 0 bridgehead atoms. The number of hydrogen-bond donors (Lipinski definition) is 3. The zero-order valence-corrected chi connectivity index (χ0v) is 14.5. The van der Waals surface area contributed by atoms with Crippen molar-refractivity contribution in [3.05, 3.63) is 29.2 Å². The molecular weight excluding hydrogens is 340 g/mol. The number of nitrogens with one attached hydrogen (secondary N) is 2. The van der Waals surface area contributed by atoms with Gasteiger partial charge in [-0.15, -0.1) is 0 Å². The number of amides is 2. The minimum absolute atomic E-state index is 0.155. The minimum Gasteiger partial charge on any atom is -0.454 e. The van der Waals surface area contributed by atoms with E-state index in [0.29, 0.717) is 22.4 Å². The van der Waals surface area contributed by atoms with Crippen molar-refractivity contribution in [2.75, 3.05) is 5.32 Å². The number of primary amides is 1. The molecule has 0 saturated heterocycles. The molecule has 1 atom stereocenters. The number of anilines is 1. The Morgan fingerprint density at radius 1 is 1.28 bits per heavy atom. The Labute approximate surface area is 149 Å². The van der Waals surface area contributed by atoms with Gasteiger partial charge in [0.2, 0.25) is 5.91 Å². The summed E-state index contributed by atoms with van der Waals surface area (Å²) in [6.07, 6.45) is 6.49. The number of carbonyl (C=O) groups excluding carboxylic acids is 2. The average molecular weight is 360 g/mol. The average Bonchev–Trinajstić information content (AvgIpc) is 3.22. The number of H-pyrrole nitrogens is 1. The van der Waals surface area contributed by atoms with Crippen LogP contribution in [-0.4, -0.2) is 27.3 Å². The fourth-order valence-electron chi connectivity index (χ4n) is 3.62. The predicted molar refractivity (Wildman–Crippen MR) is 93.6 cm³/mol. The Balaban J connectivity index is 1.61. The highest BCUT2D eigenvalue weighted by molar-refractivity contribution is 7.99. The summed E-state index contributed by atoms with van der Waals surface area (Å²) in [7, 11) is 0. The van der Waals surface area contributed by atoms with Gasteiger partial charge in [0.25, 0.3) is 5.91 Å². The topological polar surface area (TPSA) is 114 Å². The summed E-state index contributed by atoms with van der Waals surface area (Å²) in [6.45, 7) is 0. The molecule has 132 valence electrons. The van der Waals surface area contributed by atoms with Crippen molar-refractivity contribution >= 4 is 29.4 Å². The molecule has 1 fully saturated rings. The molecule has 25 heavy (non-hydrogen) atoms. The van der Waals surface area contributed by atoms with E-state index < -0.39 is 5.91 Å². The summed E-state index contributed by atoms with van der Waals surface area (Å²) in [6, 6.07) is 3.83. The van der Waals surface area contributed by atoms with Crippen LogP contribution >= 0.6 is 11.8 Å². The maximum Gasteiger partial charge on any atom is 0.267 e. The summed E-state index contributed by atoms with van der Waals surface area (Å²) in [5, 5.41) is 10.7. The zero-order chi connectivity index (χ0) is 17.4. The van der Waals surface area contributed by atoms with E-state index in [2.05, 4.69) is 15.5 Å². The maximum atomic E-state index is 12.0. The molecule has 3 heterocycles. The van der Waals surface area contributed by atoms with Crippen LogP contribution in [0, 0.1) is 0 Å². The predicted octanol–water partition coefficient (Wildman–Crippen LogP) is 3.00. The molecule has 0 unspecified atom stereocenters. The number of rotatable bonds is 4. The normalized spacial score (nSPS) is 21.0. The molecule has 7 nitrogen and oxygen atoms in total. The molecular formula is C17H20N4O3S. The van der Waals surface area contributed by atoms with Crippen molar-refractivity contribution in [1.82, 2.24) is 10.2 Å². The Morgan fingerprint density at radius 2 is 2.08 bits per heavy atom. The van der Waals surface area contributed by atoms with Crippen LogP contribution in [0.5, 0.6) is 0 Å². The molecule has 8 heteroatoms. The van der Waals surface area contributed by atoms with E-state index in [4.69, 9.17) is 10.2 Å². The van der Waals surface area contributed by atoms with E-state index in [9.17, 15) is 9.59 Å². The second kappa shape index (κ2) is 6.59. The number of furan rings is 1. The Bertz CT molecular complexity index is 807. The van der Waals surface area contributed by atoms with E-state index in [1.807, 2.05) is 12.1 Å². The number of aromatic amines is 1. The fourth-order valence-corrected chi connectivity index (χ4v) is 4.81. The lowest BCUT2D eigenvalue weighted by Gasteiger charge is -2.21. The van der Waals surface area contributed by atoms with E-state index >= 15 is 0 Å². The SMILES string of the molecule is NC(=O)c1[nH]nc2c1[C@H](c1ccc(SC3CCCCC3)o1)CC(=O)N2. The van der Waals surface area contributed by atoms with Gasteiger partial charge in [0.15, 0.2) is 10.9 Å². The Kier molecular flexibility index (Phi) is 4.29. The van der Waals surface area contributed by atoms with Crippen LogP contribution in [0.25, 0.3) is 0 Å². The molecule has 2 aromatic rings. The van der Waals surface area contributed by atoms with E-state index in [1.54, 1.807) is 11.8 Å².